The summed E-state index contributed by atoms with van der Waals surface area (Å²) in [6.45, 7) is 7.84. The normalized spacial score (nSPS) is 11.7. The Labute approximate surface area is 176 Å². The fraction of sp³-hybridized carbons (Fsp3) is 0.381. The highest BCUT2D eigenvalue weighted by Gasteiger charge is 2.23. The highest BCUT2D eigenvalue weighted by molar-refractivity contribution is 7.87. The Morgan fingerprint density at radius 2 is 1.72 bits per heavy atom. The van der Waals surface area contributed by atoms with Gasteiger partial charge in [-0.25, -0.2) is 4.39 Å². The average molecular weight is 442 g/mol. The molecule has 0 unspecified atom stereocenters. The van der Waals surface area contributed by atoms with E-state index in [9.17, 15) is 17.6 Å². The summed E-state index contributed by atoms with van der Waals surface area (Å²) in [6.07, 6.45) is 0.378. The Balaban J connectivity index is 2.35. The summed E-state index contributed by atoms with van der Waals surface area (Å²) in [5.74, 6) is -0.325. The molecule has 0 N–H and O–H groups in total. The molecule has 158 valence electrons. The third-order valence-corrected chi connectivity index (χ3v) is 5.68. The number of rotatable bonds is 8. The van der Waals surface area contributed by atoms with Gasteiger partial charge < -0.3 is 9.08 Å². The lowest BCUT2D eigenvalue weighted by Gasteiger charge is -2.28. The second-order valence-corrected chi connectivity index (χ2v) is 9.44. The highest BCUT2D eigenvalue weighted by atomic mass is 35.5. The van der Waals surface area contributed by atoms with Crippen LogP contribution in [0.5, 0.6) is 5.75 Å². The molecule has 0 bridgehead atoms. The van der Waals surface area contributed by atoms with Gasteiger partial charge in [-0.1, -0.05) is 25.4 Å². The second kappa shape index (κ2) is 9.59. The average Bonchev–Trinajstić information content (AvgIpc) is 2.61. The van der Waals surface area contributed by atoms with Gasteiger partial charge >= 0.3 is 10.1 Å². The molecule has 0 saturated heterocycles. The van der Waals surface area contributed by atoms with Crippen molar-refractivity contribution < 1.29 is 21.8 Å². The highest BCUT2D eigenvalue weighted by Crippen LogP contribution is 2.28. The van der Waals surface area contributed by atoms with Gasteiger partial charge in [0.25, 0.3) is 0 Å². The molecule has 29 heavy (non-hydrogen) atoms. The molecule has 0 aromatic heterocycles. The molecule has 0 heterocycles. The van der Waals surface area contributed by atoms with Crippen LogP contribution in [0, 0.1) is 11.7 Å². The van der Waals surface area contributed by atoms with Crippen LogP contribution in [0.3, 0.4) is 0 Å². The van der Waals surface area contributed by atoms with E-state index in [2.05, 4.69) is 0 Å². The van der Waals surface area contributed by atoms with E-state index in [0.29, 0.717) is 17.0 Å². The SMILES string of the molecule is CC(C)CC(=O)N(Cc1cc(Cl)ccc1OS(=O)(=O)c1ccc(F)cc1)C(C)C. The molecule has 0 atom stereocenters. The lowest BCUT2D eigenvalue weighted by atomic mass is 10.1. The van der Waals surface area contributed by atoms with Crippen LogP contribution in [-0.4, -0.2) is 25.3 Å². The minimum Gasteiger partial charge on any atom is -0.379 e. The van der Waals surface area contributed by atoms with Gasteiger partial charge in [0.1, 0.15) is 16.5 Å². The molecule has 5 nitrogen and oxygen atoms in total. The van der Waals surface area contributed by atoms with Crippen LogP contribution in [0.15, 0.2) is 47.4 Å². The second-order valence-electron chi connectivity index (χ2n) is 7.46. The maximum absolute atomic E-state index is 13.1. The number of halogens is 2. The van der Waals surface area contributed by atoms with Crippen molar-refractivity contribution in [3.63, 3.8) is 0 Å². The fourth-order valence-corrected chi connectivity index (χ4v) is 3.89. The van der Waals surface area contributed by atoms with Crippen LogP contribution in [0.25, 0.3) is 0 Å². The predicted molar refractivity (Wildman–Crippen MR) is 111 cm³/mol. The first kappa shape index (κ1) is 23.2. The van der Waals surface area contributed by atoms with Crippen molar-refractivity contribution in [2.75, 3.05) is 0 Å². The molecule has 0 radical (unpaired) electrons. The van der Waals surface area contributed by atoms with E-state index in [0.717, 1.165) is 24.3 Å². The molecule has 0 fully saturated rings. The van der Waals surface area contributed by atoms with E-state index in [1.54, 1.807) is 11.0 Å². The van der Waals surface area contributed by atoms with Gasteiger partial charge in [-0.3, -0.25) is 4.79 Å². The topological polar surface area (TPSA) is 63.7 Å². The van der Waals surface area contributed by atoms with Crippen LogP contribution < -0.4 is 4.18 Å². The van der Waals surface area contributed by atoms with E-state index < -0.39 is 15.9 Å². The number of hydrogen-bond donors (Lipinski definition) is 0. The molecule has 2 rings (SSSR count). The van der Waals surface area contributed by atoms with E-state index in [4.69, 9.17) is 15.8 Å². The van der Waals surface area contributed by atoms with Crippen LogP contribution >= 0.6 is 11.6 Å². The third-order valence-electron chi connectivity index (χ3n) is 4.19. The summed E-state index contributed by atoms with van der Waals surface area (Å²) in [4.78, 5) is 14.1. The fourth-order valence-electron chi connectivity index (χ4n) is 2.73. The zero-order valence-electron chi connectivity index (χ0n) is 16.9. The Hall–Kier alpha value is -2.12. The number of nitrogens with zero attached hydrogens (tertiary/aromatic N) is 1. The van der Waals surface area contributed by atoms with Crippen LogP contribution in [0.1, 0.15) is 39.7 Å². The maximum atomic E-state index is 13.1. The van der Waals surface area contributed by atoms with Crippen molar-refractivity contribution >= 4 is 27.6 Å². The van der Waals surface area contributed by atoms with Gasteiger partial charge in [0.05, 0.1) is 0 Å². The number of benzene rings is 2. The number of carbonyl (C=O) groups excluding carboxylic acids is 1. The van der Waals surface area contributed by atoms with Crippen molar-refractivity contribution in [2.24, 2.45) is 5.92 Å². The third kappa shape index (κ3) is 6.44. The summed E-state index contributed by atoms with van der Waals surface area (Å²) in [7, 11) is -4.17. The molecule has 0 aliphatic rings. The molecular formula is C21H25ClFNO4S. The lowest BCUT2D eigenvalue weighted by molar-refractivity contribution is -0.134. The molecule has 0 aliphatic carbocycles. The summed E-state index contributed by atoms with van der Waals surface area (Å²) >= 11 is 6.10. The Morgan fingerprint density at radius 1 is 1.10 bits per heavy atom. The Morgan fingerprint density at radius 3 is 2.28 bits per heavy atom. The molecule has 1 amide bonds. The van der Waals surface area contributed by atoms with E-state index >= 15 is 0 Å². The smallest absolute Gasteiger partial charge is 0.339 e. The van der Waals surface area contributed by atoms with Crippen LogP contribution in [0.4, 0.5) is 4.39 Å². The van der Waals surface area contributed by atoms with E-state index in [1.807, 2.05) is 27.7 Å². The largest absolute Gasteiger partial charge is 0.379 e. The molecule has 0 aliphatic heterocycles. The standard InChI is InChI=1S/C21H25ClFNO4S/c1-14(2)11-21(25)24(15(3)4)13-16-12-17(22)5-10-20(16)28-29(26,27)19-8-6-18(23)7-9-19/h5-10,12,14-15H,11,13H2,1-4H3. The van der Waals surface area contributed by atoms with Gasteiger partial charge in [0.15, 0.2) is 0 Å². The first-order valence-electron chi connectivity index (χ1n) is 9.27. The number of hydrogen-bond acceptors (Lipinski definition) is 4. The molecule has 8 heteroatoms. The van der Waals surface area contributed by atoms with E-state index in [1.165, 1.54) is 12.1 Å². The molecule has 2 aromatic carbocycles. The Kier molecular flexibility index (Phi) is 7.66. The van der Waals surface area contributed by atoms with Crippen molar-refractivity contribution in [1.82, 2.24) is 4.90 Å². The summed E-state index contributed by atoms with van der Waals surface area (Å²) in [6, 6.07) is 8.80. The first-order chi connectivity index (χ1) is 13.5. The summed E-state index contributed by atoms with van der Waals surface area (Å²) < 4.78 is 43.6. The molecule has 2 aromatic rings. The molecule has 0 saturated carbocycles. The van der Waals surface area contributed by atoms with Gasteiger partial charge in [0.2, 0.25) is 5.91 Å². The minimum absolute atomic E-state index is 0.0395. The van der Waals surface area contributed by atoms with Gasteiger partial charge in [-0.2, -0.15) is 8.42 Å². The quantitative estimate of drug-likeness (QED) is 0.539. The minimum atomic E-state index is -4.17. The van der Waals surface area contributed by atoms with Crippen molar-refractivity contribution in [3.05, 3.63) is 58.9 Å². The van der Waals surface area contributed by atoms with Crippen molar-refractivity contribution in [3.8, 4) is 5.75 Å². The van der Waals surface area contributed by atoms with Crippen LogP contribution in [-0.2, 0) is 21.5 Å². The van der Waals surface area contributed by atoms with Gasteiger partial charge in [-0.05, 0) is 62.2 Å². The number of carbonyl (C=O) groups is 1. The zero-order valence-corrected chi connectivity index (χ0v) is 18.4. The maximum Gasteiger partial charge on any atom is 0.339 e. The predicted octanol–water partition coefficient (Wildman–Crippen LogP) is 5.03. The summed E-state index contributed by atoms with van der Waals surface area (Å²) in [5.41, 5.74) is 0.467. The first-order valence-corrected chi connectivity index (χ1v) is 11.1. The van der Waals surface area contributed by atoms with Gasteiger partial charge in [-0.15, -0.1) is 0 Å². The molecular weight excluding hydrogens is 417 g/mol. The van der Waals surface area contributed by atoms with Crippen LogP contribution in [0.2, 0.25) is 5.02 Å². The lowest BCUT2D eigenvalue weighted by Crippen LogP contribution is -2.37. The van der Waals surface area contributed by atoms with Crippen molar-refractivity contribution in [2.45, 2.75) is 51.6 Å². The number of amides is 1. The monoisotopic (exact) mass is 441 g/mol. The van der Waals surface area contributed by atoms with Gasteiger partial charge in [0, 0.05) is 29.6 Å². The Bertz CT molecular complexity index is 959. The summed E-state index contributed by atoms with van der Waals surface area (Å²) in [5, 5.41) is 0.395. The van der Waals surface area contributed by atoms with Crippen molar-refractivity contribution in [1.29, 1.82) is 0 Å². The molecule has 0 spiro atoms. The zero-order chi connectivity index (χ0) is 21.8. The van der Waals surface area contributed by atoms with E-state index in [-0.39, 0.29) is 35.1 Å².